The molecule has 0 radical (unpaired) electrons. The molecular weight excluding hydrogens is 198 g/mol. The van der Waals surface area contributed by atoms with Crippen molar-refractivity contribution in [1.29, 1.82) is 0 Å². The molecule has 0 aromatic heterocycles. The van der Waals surface area contributed by atoms with Gasteiger partial charge in [-0.05, 0) is 30.5 Å². The highest BCUT2D eigenvalue weighted by molar-refractivity contribution is 5.57. The van der Waals surface area contributed by atoms with Crippen molar-refractivity contribution in [1.82, 2.24) is 0 Å². The largest absolute Gasteiger partial charge is 0.506 e. The molecule has 0 unspecified atom stereocenters. The SMILES string of the molecule is C=CCc1ccc(NCCCCC)c(O)c1. The molecule has 2 heteroatoms. The highest BCUT2D eigenvalue weighted by atomic mass is 16.3. The fourth-order valence-corrected chi connectivity index (χ4v) is 1.62. The van der Waals surface area contributed by atoms with E-state index in [1.54, 1.807) is 6.07 Å². The Labute approximate surface area is 98.0 Å². The summed E-state index contributed by atoms with van der Waals surface area (Å²) in [4.78, 5) is 0. The third-order valence-corrected chi connectivity index (χ3v) is 2.54. The molecule has 1 aromatic carbocycles. The minimum atomic E-state index is 0.329. The third kappa shape index (κ3) is 3.97. The first kappa shape index (κ1) is 12.6. The summed E-state index contributed by atoms with van der Waals surface area (Å²) >= 11 is 0. The van der Waals surface area contributed by atoms with E-state index in [4.69, 9.17) is 0 Å². The van der Waals surface area contributed by atoms with Crippen LogP contribution in [0, 0.1) is 0 Å². The summed E-state index contributed by atoms with van der Waals surface area (Å²) in [5.41, 5.74) is 1.91. The van der Waals surface area contributed by atoms with E-state index in [0.29, 0.717) is 5.75 Å². The monoisotopic (exact) mass is 219 g/mol. The first-order chi connectivity index (χ1) is 7.77. The zero-order chi connectivity index (χ0) is 11.8. The normalized spacial score (nSPS) is 10.1. The summed E-state index contributed by atoms with van der Waals surface area (Å²) in [6, 6.07) is 5.74. The lowest BCUT2D eigenvalue weighted by Gasteiger charge is -2.09. The molecule has 0 heterocycles. The molecule has 2 nitrogen and oxygen atoms in total. The van der Waals surface area contributed by atoms with Gasteiger partial charge in [0.25, 0.3) is 0 Å². The molecule has 0 fully saturated rings. The van der Waals surface area contributed by atoms with Gasteiger partial charge in [-0.3, -0.25) is 0 Å². The van der Waals surface area contributed by atoms with Crippen LogP contribution in [0.2, 0.25) is 0 Å². The molecule has 0 aliphatic heterocycles. The molecule has 16 heavy (non-hydrogen) atoms. The first-order valence-corrected chi connectivity index (χ1v) is 5.94. The molecule has 0 aliphatic rings. The van der Waals surface area contributed by atoms with Crippen LogP contribution in [-0.4, -0.2) is 11.7 Å². The number of unbranched alkanes of at least 4 members (excludes halogenated alkanes) is 2. The molecule has 0 aliphatic carbocycles. The van der Waals surface area contributed by atoms with Crippen LogP contribution >= 0.6 is 0 Å². The van der Waals surface area contributed by atoms with Gasteiger partial charge in [0.1, 0.15) is 5.75 Å². The summed E-state index contributed by atoms with van der Waals surface area (Å²) in [6.45, 7) is 6.78. The lowest BCUT2D eigenvalue weighted by molar-refractivity contribution is 0.476. The number of rotatable bonds is 7. The summed E-state index contributed by atoms with van der Waals surface area (Å²) in [5.74, 6) is 0.329. The fraction of sp³-hybridized carbons (Fsp3) is 0.429. The molecule has 1 rings (SSSR count). The van der Waals surface area contributed by atoms with E-state index in [2.05, 4.69) is 18.8 Å². The average Bonchev–Trinajstić information content (AvgIpc) is 2.27. The Balaban J connectivity index is 2.50. The number of nitrogens with one attached hydrogen (secondary N) is 1. The molecule has 0 spiro atoms. The van der Waals surface area contributed by atoms with Crippen LogP contribution in [-0.2, 0) is 6.42 Å². The maximum Gasteiger partial charge on any atom is 0.138 e. The number of allylic oxidation sites excluding steroid dienone is 1. The third-order valence-electron chi connectivity index (χ3n) is 2.54. The van der Waals surface area contributed by atoms with E-state index in [0.717, 1.165) is 30.6 Å². The predicted octanol–water partition coefficient (Wildman–Crippen LogP) is 3.72. The molecule has 2 N–H and O–H groups in total. The van der Waals surface area contributed by atoms with Gasteiger partial charge in [0, 0.05) is 6.54 Å². The smallest absolute Gasteiger partial charge is 0.138 e. The average molecular weight is 219 g/mol. The number of hydrogen-bond acceptors (Lipinski definition) is 2. The van der Waals surface area contributed by atoms with Gasteiger partial charge in [0.2, 0.25) is 0 Å². The topological polar surface area (TPSA) is 32.3 Å². The van der Waals surface area contributed by atoms with Crippen LogP contribution in [0.25, 0.3) is 0 Å². The van der Waals surface area contributed by atoms with Gasteiger partial charge < -0.3 is 10.4 Å². The van der Waals surface area contributed by atoms with Crippen LogP contribution in [0.1, 0.15) is 31.7 Å². The van der Waals surface area contributed by atoms with Crippen molar-refractivity contribution in [3.05, 3.63) is 36.4 Å². The van der Waals surface area contributed by atoms with Crippen LogP contribution in [0.15, 0.2) is 30.9 Å². The first-order valence-electron chi connectivity index (χ1n) is 5.94. The minimum absolute atomic E-state index is 0.329. The Morgan fingerprint density at radius 3 is 2.81 bits per heavy atom. The Morgan fingerprint density at radius 1 is 1.38 bits per heavy atom. The molecule has 0 saturated heterocycles. The fourth-order valence-electron chi connectivity index (χ4n) is 1.62. The van der Waals surface area contributed by atoms with Crippen LogP contribution in [0.4, 0.5) is 5.69 Å². The highest BCUT2D eigenvalue weighted by Crippen LogP contribution is 2.24. The number of aromatic hydroxyl groups is 1. The minimum Gasteiger partial charge on any atom is -0.506 e. The van der Waals surface area contributed by atoms with E-state index in [9.17, 15) is 5.11 Å². The van der Waals surface area contributed by atoms with Gasteiger partial charge >= 0.3 is 0 Å². The van der Waals surface area contributed by atoms with Crippen molar-refractivity contribution in [2.45, 2.75) is 32.6 Å². The molecular formula is C14H21NO. The van der Waals surface area contributed by atoms with Crippen molar-refractivity contribution in [3.8, 4) is 5.75 Å². The van der Waals surface area contributed by atoms with Crippen molar-refractivity contribution in [2.24, 2.45) is 0 Å². The second-order valence-electron chi connectivity index (χ2n) is 3.98. The number of phenols is 1. The maximum atomic E-state index is 9.78. The van der Waals surface area contributed by atoms with Gasteiger partial charge in [0.05, 0.1) is 5.69 Å². The molecule has 0 bridgehead atoms. The van der Waals surface area contributed by atoms with Gasteiger partial charge in [-0.2, -0.15) is 0 Å². The van der Waals surface area contributed by atoms with Crippen molar-refractivity contribution in [3.63, 3.8) is 0 Å². The van der Waals surface area contributed by atoms with Crippen molar-refractivity contribution in [2.75, 3.05) is 11.9 Å². The quantitative estimate of drug-likeness (QED) is 0.416. The van der Waals surface area contributed by atoms with Gasteiger partial charge in [0.15, 0.2) is 0 Å². The Kier molecular flexibility index (Phi) is 5.48. The van der Waals surface area contributed by atoms with Gasteiger partial charge in [-0.25, -0.2) is 0 Å². The number of phenolic OH excluding ortho intramolecular Hbond substituents is 1. The highest BCUT2D eigenvalue weighted by Gasteiger charge is 2.00. The molecule has 0 saturated carbocycles. The zero-order valence-electron chi connectivity index (χ0n) is 10.00. The van der Waals surface area contributed by atoms with Gasteiger partial charge in [-0.1, -0.05) is 31.9 Å². The molecule has 0 amide bonds. The van der Waals surface area contributed by atoms with E-state index in [-0.39, 0.29) is 0 Å². The second-order valence-corrected chi connectivity index (χ2v) is 3.98. The van der Waals surface area contributed by atoms with Crippen molar-refractivity contribution < 1.29 is 5.11 Å². The molecule has 0 atom stereocenters. The Bertz CT molecular complexity index is 334. The second kappa shape index (κ2) is 6.94. The summed E-state index contributed by atoms with van der Waals surface area (Å²) in [5, 5.41) is 13.0. The van der Waals surface area contributed by atoms with E-state index >= 15 is 0 Å². The Morgan fingerprint density at radius 2 is 2.19 bits per heavy atom. The van der Waals surface area contributed by atoms with E-state index in [1.807, 2.05) is 18.2 Å². The predicted molar refractivity (Wildman–Crippen MR) is 70.0 cm³/mol. The lowest BCUT2D eigenvalue weighted by Crippen LogP contribution is -2.01. The van der Waals surface area contributed by atoms with E-state index in [1.165, 1.54) is 12.8 Å². The van der Waals surface area contributed by atoms with Crippen LogP contribution in [0.5, 0.6) is 5.75 Å². The Hall–Kier alpha value is -1.44. The number of hydrogen-bond donors (Lipinski definition) is 2. The lowest BCUT2D eigenvalue weighted by atomic mass is 10.1. The number of benzene rings is 1. The van der Waals surface area contributed by atoms with Crippen LogP contribution in [0.3, 0.4) is 0 Å². The van der Waals surface area contributed by atoms with Crippen molar-refractivity contribution >= 4 is 5.69 Å². The van der Waals surface area contributed by atoms with E-state index < -0.39 is 0 Å². The maximum absolute atomic E-state index is 9.78. The molecule has 1 aromatic rings. The number of anilines is 1. The summed E-state index contributed by atoms with van der Waals surface area (Å²) < 4.78 is 0. The zero-order valence-corrected chi connectivity index (χ0v) is 10.00. The molecule has 88 valence electrons. The summed E-state index contributed by atoms with van der Waals surface area (Å²) in [6.07, 6.45) is 6.21. The van der Waals surface area contributed by atoms with Crippen LogP contribution < -0.4 is 5.32 Å². The summed E-state index contributed by atoms with van der Waals surface area (Å²) in [7, 11) is 0. The standard InChI is InChI=1S/C14H21NO/c1-3-5-6-10-15-13-9-8-12(7-4-2)11-14(13)16/h4,8-9,11,15-16H,2-3,5-7,10H2,1H3. The van der Waals surface area contributed by atoms with Gasteiger partial charge in [-0.15, -0.1) is 6.58 Å².